The van der Waals surface area contributed by atoms with Crippen molar-refractivity contribution in [3.8, 4) is 0 Å². The van der Waals surface area contributed by atoms with Crippen molar-refractivity contribution in [3.05, 3.63) is 11.9 Å². The smallest absolute Gasteiger partial charge is 0.276 e. The minimum Gasteiger partial charge on any atom is -0.368 e. The van der Waals surface area contributed by atoms with Crippen LogP contribution in [0.4, 0.5) is 0 Å². The summed E-state index contributed by atoms with van der Waals surface area (Å²) in [4.78, 5) is 23.7. The molecule has 3 N–H and O–H groups in total. The molecule has 17 heavy (non-hydrogen) atoms. The van der Waals surface area contributed by atoms with Gasteiger partial charge in [-0.25, -0.2) is 4.68 Å². The van der Waals surface area contributed by atoms with Gasteiger partial charge in [0, 0.05) is 20.1 Å². The molecular formula is C9H14N6O2. The first kappa shape index (κ1) is 11.5. The number of nitrogens with two attached hydrogens (primary N) is 1. The molecule has 2 rings (SSSR count). The molecule has 0 atom stereocenters. The first-order valence-corrected chi connectivity index (χ1v) is 5.24. The lowest BCUT2D eigenvalue weighted by atomic mass is 10.2. The van der Waals surface area contributed by atoms with E-state index in [9.17, 15) is 9.59 Å². The predicted molar refractivity (Wildman–Crippen MR) is 58.1 cm³/mol. The molecular weight excluding hydrogens is 224 g/mol. The molecule has 8 heteroatoms. The van der Waals surface area contributed by atoms with E-state index in [1.54, 1.807) is 10.9 Å². The number of nitrogens with one attached hydrogen (secondary N) is 1. The van der Waals surface area contributed by atoms with Crippen LogP contribution in [0.15, 0.2) is 6.20 Å². The monoisotopic (exact) mass is 238 g/mol. The van der Waals surface area contributed by atoms with Gasteiger partial charge in [-0.05, 0) is 0 Å². The number of nitrogens with zero attached hydrogens (tertiary/aromatic N) is 4. The second-order valence-corrected chi connectivity index (χ2v) is 4.02. The maximum absolute atomic E-state index is 11.8. The second-order valence-electron chi connectivity index (χ2n) is 4.02. The Kier molecular flexibility index (Phi) is 3.05. The van der Waals surface area contributed by atoms with E-state index in [2.05, 4.69) is 15.6 Å². The lowest BCUT2D eigenvalue weighted by Crippen LogP contribution is -2.43. The molecule has 1 fully saturated rings. The highest BCUT2D eigenvalue weighted by Crippen LogP contribution is 2.10. The van der Waals surface area contributed by atoms with Crippen LogP contribution in [0.25, 0.3) is 0 Å². The van der Waals surface area contributed by atoms with Gasteiger partial charge in [0.2, 0.25) is 5.91 Å². The average Bonchev–Trinajstić information content (AvgIpc) is 2.61. The third-order valence-electron chi connectivity index (χ3n) is 2.60. The normalized spacial score (nSPS) is 15.4. The summed E-state index contributed by atoms with van der Waals surface area (Å²) >= 11 is 0. The number of amides is 2. The fourth-order valence-corrected chi connectivity index (χ4v) is 1.51. The molecule has 1 aliphatic heterocycles. The van der Waals surface area contributed by atoms with E-state index in [4.69, 9.17) is 5.73 Å². The summed E-state index contributed by atoms with van der Waals surface area (Å²) < 4.78 is 1.65. The van der Waals surface area contributed by atoms with Crippen LogP contribution in [-0.2, 0) is 4.79 Å². The fraction of sp³-hybridized carbons (Fsp3) is 0.556. The quantitative estimate of drug-likeness (QED) is 0.629. The van der Waals surface area contributed by atoms with Gasteiger partial charge in [-0.3, -0.25) is 9.59 Å². The summed E-state index contributed by atoms with van der Waals surface area (Å²) in [6.07, 6.45) is 1.59. The number of likely N-dealkylation sites (N-methyl/N-ethyl adjacent to an activating group) is 1. The maximum Gasteiger partial charge on any atom is 0.276 e. The zero-order valence-electron chi connectivity index (χ0n) is 9.46. The highest BCUT2D eigenvalue weighted by Gasteiger charge is 2.23. The molecule has 1 aromatic heterocycles. The van der Waals surface area contributed by atoms with Crippen molar-refractivity contribution in [1.82, 2.24) is 25.2 Å². The van der Waals surface area contributed by atoms with E-state index in [1.807, 2.05) is 0 Å². The van der Waals surface area contributed by atoms with Gasteiger partial charge < -0.3 is 16.0 Å². The number of rotatable bonds is 4. The number of aromatic nitrogens is 3. The van der Waals surface area contributed by atoms with Gasteiger partial charge in [0.1, 0.15) is 0 Å². The highest BCUT2D eigenvalue weighted by atomic mass is 16.2. The predicted octanol–water partition coefficient (Wildman–Crippen LogP) is -2.02. The molecule has 1 saturated heterocycles. The molecule has 0 bridgehead atoms. The Hall–Kier alpha value is -1.96. The van der Waals surface area contributed by atoms with Gasteiger partial charge in [-0.15, -0.1) is 5.10 Å². The first-order valence-electron chi connectivity index (χ1n) is 5.24. The molecule has 1 aromatic rings. The number of hydrogen-bond donors (Lipinski definition) is 2. The SMILES string of the molecule is CN(CC(N)=O)C(=O)c1cn(C2CNC2)nn1. The van der Waals surface area contributed by atoms with Crippen LogP contribution in [0.5, 0.6) is 0 Å². The summed E-state index contributed by atoms with van der Waals surface area (Å²) in [5.74, 6) is -0.918. The molecule has 2 amide bonds. The Labute approximate surface area is 97.7 Å². The summed E-state index contributed by atoms with van der Waals surface area (Å²) in [5, 5.41) is 10.8. The summed E-state index contributed by atoms with van der Waals surface area (Å²) in [6, 6.07) is 0.255. The van der Waals surface area contributed by atoms with Crippen molar-refractivity contribution in [2.45, 2.75) is 6.04 Å². The van der Waals surface area contributed by atoms with Crippen molar-refractivity contribution in [2.75, 3.05) is 26.7 Å². The van der Waals surface area contributed by atoms with Gasteiger partial charge in [-0.2, -0.15) is 0 Å². The number of carbonyl (C=O) groups is 2. The largest absolute Gasteiger partial charge is 0.368 e. The molecule has 0 radical (unpaired) electrons. The van der Waals surface area contributed by atoms with E-state index in [0.29, 0.717) is 0 Å². The van der Waals surface area contributed by atoms with Crippen molar-refractivity contribution < 1.29 is 9.59 Å². The molecule has 8 nitrogen and oxygen atoms in total. The van der Waals surface area contributed by atoms with Crippen LogP contribution >= 0.6 is 0 Å². The number of primary amides is 1. The molecule has 0 aliphatic carbocycles. The van der Waals surface area contributed by atoms with Gasteiger partial charge in [0.15, 0.2) is 5.69 Å². The molecule has 2 heterocycles. The van der Waals surface area contributed by atoms with Crippen LogP contribution in [-0.4, -0.2) is 58.4 Å². The molecule has 0 saturated carbocycles. The van der Waals surface area contributed by atoms with Crippen LogP contribution < -0.4 is 11.1 Å². The molecule has 0 spiro atoms. The van der Waals surface area contributed by atoms with Gasteiger partial charge >= 0.3 is 0 Å². The Bertz CT molecular complexity index is 438. The third kappa shape index (κ3) is 2.41. The summed E-state index contributed by atoms with van der Waals surface area (Å²) in [7, 11) is 1.50. The van der Waals surface area contributed by atoms with Crippen molar-refractivity contribution >= 4 is 11.8 Å². The Morgan fingerprint density at radius 3 is 2.88 bits per heavy atom. The lowest BCUT2D eigenvalue weighted by Gasteiger charge is -2.26. The standard InChI is InChI=1S/C9H14N6O2/c1-14(5-8(10)16)9(17)7-4-15(13-12-7)6-2-11-3-6/h4,6,11H,2-3,5H2,1H3,(H2,10,16). The Morgan fingerprint density at radius 1 is 1.65 bits per heavy atom. The fourth-order valence-electron chi connectivity index (χ4n) is 1.51. The lowest BCUT2D eigenvalue weighted by molar-refractivity contribution is -0.118. The Morgan fingerprint density at radius 2 is 2.35 bits per heavy atom. The topological polar surface area (TPSA) is 106 Å². The van der Waals surface area contributed by atoms with E-state index in [1.165, 1.54) is 11.9 Å². The zero-order valence-corrected chi connectivity index (χ0v) is 9.46. The molecule has 0 unspecified atom stereocenters. The minimum atomic E-state index is -0.559. The van der Waals surface area contributed by atoms with Crippen molar-refractivity contribution in [1.29, 1.82) is 0 Å². The van der Waals surface area contributed by atoms with Crippen LogP contribution in [0.3, 0.4) is 0 Å². The molecule has 92 valence electrons. The summed E-state index contributed by atoms with van der Waals surface area (Å²) in [6.45, 7) is 1.53. The molecule has 0 aromatic carbocycles. The van der Waals surface area contributed by atoms with E-state index in [0.717, 1.165) is 13.1 Å². The van der Waals surface area contributed by atoms with Crippen LogP contribution in [0.2, 0.25) is 0 Å². The third-order valence-corrected chi connectivity index (χ3v) is 2.60. The van der Waals surface area contributed by atoms with Crippen LogP contribution in [0.1, 0.15) is 16.5 Å². The van der Waals surface area contributed by atoms with Gasteiger partial charge in [-0.1, -0.05) is 5.21 Å². The van der Waals surface area contributed by atoms with E-state index < -0.39 is 5.91 Å². The average molecular weight is 238 g/mol. The number of carbonyl (C=O) groups excluding carboxylic acids is 2. The molecule has 1 aliphatic rings. The first-order chi connectivity index (χ1) is 8.08. The van der Waals surface area contributed by atoms with Crippen molar-refractivity contribution in [3.63, 3.8) is 0 Å². The van der Waals surface area contributed by atoms with E-state index >= 15 is 0 Å². The number of hydrogen-bond acceptors (Lipinski definition) is 5. The van der Waals surface area contributed by atoms with Crippen molar-refractivity contribution in [2.24, 2.45) is 5.73 Å². The highest BCUT2D eigenvalue weighted by molar-refractivity contribution is 5.94. The van der Waals surface area contributed by atoms with Crippen LogP contribution in [0, 0.1) is 0 Å². The maximum atomic E-state index is 11.8. The Balaban J connectivity index is 2.03. The van der Waals surface area contributed by atoms with E-state index in [-0.39, 0.29) is 24.2 Å². The summed E-state index contributed by atoms with van der Waals surface area (Å²) in [5.41, 5.74) is 5.23. The minimum absolute atomic E-state index is 0.128. The van der Waals surface area contributed by atoms with Gasteiger partial charge in [0.25, 0.3) is 5.91 Å². The second kappa shape index (κ2) is 4.50. The van der Waals surface area contributed by atoms with Gasteiger partial charge in [0.05, 0.1) is 18.8 Å². The zero-order chi connectivity index (χ0) is 12.4.